The molecule has 0 spiro atoms. The van der Waals surface area contributed by atoms with Crippen LogP contribution in [0, 0.1) is 0 Å². The van der Waals surface area contributed by atoms with Crippen molar-refractivity contribution < 1.29 is 4.74 Å². The van der Waals surface area contributed by atoms with Gasteiger partial charge in [-0.25, -0.2) is 0 Å². The summed E-state index contributed by atoms with van der Waals surface area (Å²) in [5, 5.41) is 3.34. The number of nitrogens with one attached hydrogen (secondary N) is 1. The van der Waals surface area contributed by atoms with Crippen LogP contribution < -0.4 is 11.1 Å². The van der Waals surface area contributed by atoms with Crippen molar-refractivity contribution in [2.45, 2.75) is 57.4 Å². The fraction of sp³-hybridized carbons (Fsp3) is 0.632. The largest absolute Gasteiger partial charge is 0.381 e. The smallest absolute Gasteiger partial charge is 0.188 e. The normalized spacial score (nSPS) is 15.8. The van der Waals surface area contributed by atoms with Crippen molar-refractivity contribution >= 4 is 29.9 Å². The molecule has 1 aliphatic carbocycles. The molecule has 0 amide bonds. The van der Waals surface area contributed by atoms with Gasteiger partial charge in [-0.1, -0.05) is 49.6 Å². The molecule has 1 fully saturated rings. The number of ether oxygens (including phenoxy) is 1. The number of benzene rings is 1. The monoisotopic (exact) mass is 445 g/mol. The highest BCUT2D eigenvalue weighted by Crippen LogP contribution is 2.16. The maximum atomic E-state index is 5.94. The number of halogens is 1. The lowest BCUT2D eigenvalue weighted by Gasteiger charge is -2.23. The van der Waals surface area contributed by atoms with E-state index in [2.05, 4.69) is 34.6 Å². The van der Waals surface area contributed by atoms with Crippen LogP contribution in [0.2, 0.25) is 0 Å². The molecule has 1 saturated carbocycles. The number of nitrogens with two attached hydrogens (primary N) is 1. The van der Waals surface area contributed by atoms with E-state index >= 15 is 0 Å². The molecule has 0 atom stereocenters. The summed E-state index contributed by atoms with van der Waals surface area (Å²) in [4.78, 5) is 4.41. The van der Waals surface area contributed by atoms with E-state index in [1.54, 1.807) is 0 Å². The average molecular weight is 445 g/mol. The van der Waals surface area contributed by atoms with Crippen molar-refractivity contribution in [1.29, 1.82) is 0 Å². The Morgan fingerprint density at radius 3 is 2.58 bits per heavy atom. The molecule has 136 valence electrons. The number of aliphatic imine (C=N–C) groups is 1. The molecule has 3 N–H and O–H groups in total. The van der Waals surface area contributed by atoms with E-state index in [1.807, 2.05) is 6.07 Å². The van der Waals surface area contributed by atoms with E-state index < -0.39 is 0 Å². The van der Waals surface area contributed by atoms with Gasteiger partial charge in [0.15, 0.2) is 5.96 Å². The van der Waals surface area contributed by atoms with E-state index in [4.69, 9.17) is 10.5 Å². The minimum atomic E-state index is 0. The van der Waals surface area contributed by atoms with Crippen LogP contribution in [0.5, 0.6) is 0 Å². The average Bonchev–Trinajstić information content (AvgIpc) is 2.59. The van der Waals surface area contributed by atoms with Gasteiger partial charge in [-0.05, 0) is 37.7 Å². The second-order valence-corrected chi connectivity index (χ2v) is 6.30. The van der Waals surface area contributed by atoms with E-state index in [-0.39, 0.29) is 24.0 Å². The molecular formula is C19H32IN3O. The Hall–Kier alpha value is -0.820. The molecule has 1 aromatic rings. The highest BCUT2D eigenvalue weighted by molar-refractivity contribution is 14.0. The van der Waals surface area contributed by atoms with Crippen LogP contribution in [0.25, 0.3) is 0 Å². The third-order valence-corrected chi connectivity index (χ3v) is 4.31. The summed E-state index contributed by atoms with van der Waals surface area (Å²) >= 11 is 0. The molecule has 4 nitrogen and oxygen atoms in total. The molecule has 0 aromatic heterocycles. The van der Waals surface area contributed by atoms with Gasteiger partial charge in [-0.3, -0.25) is 4.99 Å². The van der Waals surface area contributed by atoms with Gasteiger partial charge in [0, 0.05) is 19.2 Å². The first-order valence-corrected chi connectivity index (χ1v) is 9.03. The van der Waals surface area contributed by atoms with Gasteiger partial charge >= 0.3 is 0 Å². The van der Waals surface area contributed by atoms with Crippen molar-refractivity contribution in [1.82, 2.24) is 5.32 Å². The quantitative estimate of drug-likeness (QED) is 0.263. The lowest BCUT2D eigenvalue weighted by Crippen LogP contribution is -2.41. The minimum absolute atomic E-state index is 0. The van der Waals surface area contributed by atoms with Gasteiger partial charge in [0.25, 0.3) is 0 Å². The van der Waals surface area contributed by atoms with Crippen molar-refractivity contribution in [3.8, 4) is 0 Å². The molecule has 0 radical (unpaired) electrons. The second-order valence-electron chi connectivity index (χ2n) is 6.30. The zero-order valence-corrected chi connectivity index (χ0v) is 16.9. The maximum Gasteiger partial charge on any atom is 0.188 e. The van der Waals surface area contributed by atoms with Crippen molar-refractivity contribution in [3.05, 3.63) is 35.9 Å². The van der Waals surface area contributed by atoms with Crippen LogP contribution in [-0.2, 0) is 11.2 Å². The molecule has 0 aliphatic heterocycles. The van der Waals surface area contributed by atoms with Crippen LogP contribution in [0.3, 0.4) is 0 Å². The molecule has 0 saturated heterocycles. The minimum Gasteiger partial charge on any atom is -0.381 e. The van der Waals surface area contributed by atoms with E-state index in [1.165, 1.54) is 37.7 Å². The predicted molar refractivity (Wildman–Crippen MR) is 112 cm³/mol. The summed E-state index contributed by atoms with van der Waals surface area (Å²) in [5.41, 5.74) is 7.27. The molecule has 1 aromatic carbocycles. The van der Waals surface area contributed by atoms with E-state index in [0.29, 0.717) is 12.0 Å². The Bertz CT molecular complexity index is 447. The van der Waals surface area contributed by atoms with Crippen molar-refractivity contribution in [2.75, 3.05) is 19.8 Å². The topological polar surface area (TPSA) is 59.6 Å². The first-order valence-electron chi connectivity index (χ1n) is 9.03. The lowest BCUT2D eigenvalue weighted by atomic mass is 9.96. The SMILES string of the molecule is I.NC(=NCCCCOCCc1ccccc1)NC1CCCCC1. The summed E-state index contributed by atoms with van der Waals surface area (Å²) in [7, 11) is 0. The summed E-state index contributed by atoms with van der Waals surface area (Å²) in [5.74, 6) is 0.613. The van der Waals surface area contributed by atoms with E-state index in [9.17, 15) is 0 Å². The third-order valence-electron chi connectivity index (χ3n) is 4.31. The van der Waals surface area contributed by atoms with Crippen molar-refractivity contribution in [2.24, 2.45) is 10.7 Å². The Labute approximate surface area is 163 Å². The molecule has 1 aliphatic rings. The zero-order valence-electron chi connectivity index (χ0n) is 14.6. The Balaban J connectivity index is 0.00000288. The Morgan fingerprint density at radius 1 is 1.08 bits per heavy atom. The maximum absolute atomic E-state index is 5.94. The summed E-state index contributed by atoms with van der Waals surface area (Å²) in [6, 6.07) is 11.0. The first-order chi connectivity index (χ1) is 11.3. The third kappa shape index (κ3) is 9.47. The van der Waals surface area contributed by atoms with Gasteiger partial charge in [0.05, 0.1) is 6.61 Å². The second kappa shape index (κ2) is 13.5. The van der Waals surface area contributed by atoms with Gasteiger partial charge < -0.3 is 15.8 Å². The summed E-state index contributed by atoms with van der Waals surface area (Å²) in [6.45, 7) is 2.38. The van der Waals surface area contributed by atoms with Crippen LogP contribution in [-0.4, -0.2) is 31.8 Å². The molecule has 0 bridgehead atoms. The number of guanidine groups is 1. The van der Waals surface area contributed by atoms with Crippen LogP contribution >= 0.6 is 24.0 Å². The molecule has 24 heavy (non-hydrogen) atoms. The highest BCUT2D eigenvalue weighted by Gasteiger charge is 2.12. The zero-order chi connectivity index (χ0) is 16.2. The van der Waals surface area contributed by atoms with Gasteiger partial charge in [0.1, 0.15) is 0 Å². The van der Waals surface area contributed by atoms with Gasteiger partial charge in [-0.15, -0.1) is 24.0 Å². The van der Waals surface area contributed by atoms with Crippen LogP contribution in [0.4, 0.5) is 0 Å². The number of hydrogen-bond donors (Lipinski definition) is 2. The van der Waals surface area contributed by atoms with Crippen LogP contribution in [0.1, 0.15) is 50.5 Å². The first kappa shape index (κ1) is 21.2. The van der Waals surface area contributed by atoms with Gasteiger partial charge in [0.2, 0.25) is 0 Å². The fourth-order valence-electron chi connectivity index (χ4n) is 2.95. The molecule has 5 heteroatoms. The Kier molecular flexibility index (Phi) is 11.9. The summed E-state index contributed by atoms with van der Waals surface area (Å²) < 4.78 is 5.67. The van der Waals surface area contributed by atoms with E-state index in [0.717, 1.165) is 39.0 Å². The number of hydrogen-bond acceptors (Lipinski definition) is 2. The number of unbranched alkanes of at least 4 members (excludes halogenated alkanes) is 1. The number of nitrogens with zero attached hydrogens (tertiary/aromatic N) is 1. The highest BCUT2D eigenvalue weighted by atomic mass is 127. The summed E-state index contributed by atoms with van der Waals surface area (Å²) in [6.07, 6.45) is 9.48. The van der Waals surface area contributed by atoms with Gasteiger partial charge in [-0.2, -0.15) is 0 Å². The number of rotatable bonds is 9. The Morgan fingerprint density at radius 2 is 1.83 bits per heavy atom. The molecule has 2 rings (SSSR count). The lowest BCUT2D eigenvalue weighted by molar-refractivity contribution is 0.134. The molecular weight excluding hydrogens is 413 g/mol. The molecule has 0 unspecified atom stereocenters. The molecule has 0 heterocycles. The fourth-order valence-corrected chi connectivity index (χ4v) is 2.95. The van der Waals surface area contributed by atoms with Crippen LogP contribution in [0.15, 0.2) is 35.3 Å². The predicted octanol–water partition coefficient (Wildman–Crippen LogP) is 3.88. The van der Waals surface area contributed by atoms with Crippen molar-refractivity contribution in [3.63, 3.8) is 0 Å². The standard InChI is InChI=1S/C19H31N3O.HI/c20-19(22-18-11-5-2-6-12-18)21-14-7-8-15-23-16-13-17-9-3-1-4-10-17;/h1,3-4,9-10,18H,2,5-8,11-16H2,(H3,20,21,22);1H.